The van der Waals surface area contributed by atoms with Gasteiger partial charge in [0.2, 0.25) is 0 Å². The first-order valence-electron chi connectivity index (χ1n) is 0.577. The second kappa shape index (κ2) is 8.82. The highest BCUT2D eigenvalue weighted by Crippen LogP contribution is 1.69. The molecule has 0 bridgehead atoms. The molecule has 28 valence electrons. The quantitative estimate of drug-likeness (QED) is 0.459. The van der Waals surface area contributed by atoms with Crippen molar-refractivity contribution < 1.29 is 0 Å². The third-order valence-electron chi connectivity index (χ3n) is 0. The van der Waals surface area contributed by atoms with E-state index in [0.717, 1.165) is 0 Å². The van der Waals surface area contributed by atoms with Crippen LogP contribution in [0.15, 0.2) is 0 Å². The molecule has 0 spiro atoms. The van der Waals surface area contributed by atoms with Crippen LogP contribution in [0, 0.1) is 0 Å². The van der Waals surface area contributed by atoms with Crippen molar-refractivity contribution >= 4 is 42.8 Å². The van der Waals surface area contributed by atoms with Crippen LogP contribution in [-0.2, 0) is 0 Å². The summed E-state index contributed by atoms with van der Waals surface area (Å²) in [5.41, 5.74) is 0. The SMILES string of the molecule is I.PNP. The van der Waals surface area contributed by atoms with Gasteiger partial charge in [0.15, 0.2) is 0 Å². The molecular weight excluding hydrogens is 203 g/mol. The molecule has 0 rings (SSSR count). The molecule has 0 aliphatic rings. The van der Waals surface area contributed by atoms with Gasteiger partial charge in [-0.1, -0.05) is 18.8 Å². The van der Waals surface area contributed by atoms with E-state index in [0.29, 0.717) is 0 Å². The summed E-state index contributed by atoms with van der Waals surface area (Å²) in [5, 5.41) is 0. The number of hydrogen-bond acceptors (Lipinski definition) is 1. The van der Waals surface area contributed by atoms with Crippen LogP contribution in [0.25, 0.3) is 0 Å². The molecule has 4 heavy (non-hydrogen) atoms. The Hall–Kier alpha value is 1.55. The van der Waals surface area contributed by atoms with Gasteiger partial charge >= 0.3 is 0 Å². The standard InChI is InChI=1S/HI.H5NP2/c;2-1-3/h1H;1H,2-3H2. The summed E-state index contributed by atoms with van der Waals surface area (Å²) in [4.78, 5) is 2.58. The van der Waals surface area contributed by atoms with Crippen LogP contribution in [0.3, 0.4) is 0 Å². The minimum atomic E-state index is 0. The number of halogens is 1. The summed E-state index contributed by atoms with van der Waals surface area (Å²) < 4.78 is 0. The van der Waals surface area contributed by atoms with Crippen molar-refractivity contribution in [1.82, 2.24) is 4.86 Å². The Morgan fingerprint density at radius 1 is 1.25 bits per heavy atom. The first kappa shape index (κ1) is 9.12. The lowest BCUT2D eigenvalue weighted by atomic mass is 13.9. The Kier molecular flexibility index (Phi) is 20.1. The molecule has 0 aromatic carbocycles. The van der Waals surface area contributed by atoms with E-state index in [9.17, 15) is 0 Å². The second-order valence-corrected chi connectivity index (χ2v) is 1.50. The lowest BCUT2D eigenvalue weighted by molar-refractivity contribution is 1.78. The molecular formula is H6INP2. The minimum absolute atomic E-state index is 0. The Balaban J connectivity index is 0. The van der Waals surface area contributed by atoms with E-state index in [1.54, 1.807) is 0 Å². The lowest BCUT2D eigenvalue weighted by Crippen LogP contribution is -1.54. The van der Waals surface area contributed by atoms with E-state index in [2.05, 4.69) is 23.6 Å². The summed E-state index contributed by atoms with van der Waals surface area (Å²) in [6, 6.07) is 0. The van der Waals surface area contributed by atoms with Crippen LogP contribution >= 0.6 is 42.8 Å². The van der Waals surface area contributed by atoms with Crippen molar-refractivity contribution in [2.24, 2.45) is 0 Å². The van der Waals surface area contributed by atoms with Crippen LogP contribution in [-0.4, -0.2) is 0 Å². The van der Waals surface area contributed by atoms with Crippen molar-refractivity contribution in [3.05, 3.63) is 0 Å². The fourth-order valence-corrected chi connectivity index (χ4v) is 0. The fourth-order valence-electron chi connectivity index (χ4n) is 0. The summed E-state index contributed by atoms with van der Waals surface area (Å²) in [6.07, 6.45) is 0. The summed E-state index contributed by atoms with van der Waals surface area (Å²) in [7, 11) is 4.58. The van der Waals surface area contributed by atoms with Gasteiger partial charge in [0, 0.05) is 0 Å². The number of hydrogen-bond donors (Lipinski definition) is 1. The smallest absolute Gasteiger partial charge is 0.0657 e. The molecule has 1 nitrogen and oxygen atoms in total. The zero-order valence-electron chi connectivity index (χ0n) is 2.06. The van der Waals surface area contributed by atoms with Gasteiger partial charge < -0.3 is 0 Å². The van der Waals surface area contributed by atoms with Crippen molar-refractivity contribution in [2.75, 3.05) is 0 Å². The highest BCUT2D eigenvalue weighted by molar-refractivity contribution is 14.0. The van der Waals surface area contributed by atoms with Crippen LogP contribution in [0.1, 0.15) is 0 Å². The normalized spacial score (nSPS) is 4.50. The monoisotopic (exact) mass is 209 g/mol. The van der Waals surface area contributed by atoms with E-state index in [-0.39, 0.29) is 24.0 Å². The maximum atomic E-state index is 2.58. The molecule has 0 amide bonds. The van der Waals surface area contributed by atoms with E-state index in [1.807, 2.05) is 0 Å². The molecule has 0 saturated carbocycles. The molecule has 1 N–H and O–H groups in total. The highest BCUT2D eigenvalue weighted by Gasteiger charge is 1.24. The van der Waals surface area contributed by atoms with Gasteiger partial charge in [-0.3, -0.25) is 4.86 Å². The predicted octanol–water partition coefficient (Wildman–Crippen LogP) is 0.774. The third kappa shape index (κ3) is 9.61. The molecule has 0 fully saturated rings. The van der Waals surface area contributed by atoms with Crippen LogP contribution in [0.4, 0.5) is 0 Å². The van der Waals surface area contributed by atoms with Crippen molar-refractivity contribution in [3.63, 3.8) is 0 Å². The van der Waals surface area contributed by atoms with Crippen LogP contribution in [0.2, 0.25) is 0 Å². The Labute approximate surface area is 47.8 Å². The number of rotatable bonds is 0. The zero-order chi connectivity index (χ0) is 2.71. The topological polar surface area (TPSA) is 12.0 Å². The average Bonchev–Trinajstić information content (AvgIpc) is 0.918. The highest BCUT2D eigenvalue weighted by atomic mass is 127. The molecule has 0 aliphatic heterocycles. The van der Waals surface area contributed by atoms with E-state index in [4.69, 9.17) is 0 Å². The second-order valence-electron chi connectivity index (χ2n) is 0.167. The van der Waals surface area contributed by atoms with Gasteiger partial charge in [-0.2, -0.15) is 0 Å². The maximum Gasteiger partial charge on any atom is -0.0657 e. The Morgan fingerprint density at radius 2 is 1.25 bits per heavy atom. The predicted molar refractivity (Wildman–Crippen MR) is 38.0 cm³/mol. The van der Waals surface area contributed by atoms with E-state index in [1.165, 1.54) is 0 Å². The summed E-state index contributed by atoms with van der Waals surface area (Å²) in [6.45, 7) is 0. The third-order valence-corrected chi connectivity index (χ3v) is 0. The first-order chi connectivity index (χ1) is 1.41. The molecule has 0 heterocycles. The maximum absolute atomic E-state index is 2.58. The lowest BCUT2D eigenvalue weighted by Gasteiger charge is -1.59. The molecule has 0 saturated heterocycles. The summed E-state index contributed by atoms with van der Waals surface area (Å²) >= 11 is 0. The molecule has 0 aliphatic carbocycles. The van der Waals surface area contributed by atoms with Crippen molar-refractivity contribution in [1.29, 1.82) is 0 Å². The average molecular weight is 209 g/mol. The van der Waals surface area contributed by atoms with Crippen molar-refractivity contribution in [2.45, 2.75) is 0 Å². The molecule has 2 unspecified atom stereocenters. The van der Waals surface area contributed by atoms with E-state index < -0.39 is 0 Å². The van der Waals surface area contributed by atoms with Crippen LogP contribution in [0.5, 0.6) is 0 Å². The Morgan fingerprint density at radius 3 is 1.25 bits per heavy atom. The van der Waals surface area contributed by atoms with Gasteiger partial charge in [-0.25, -0.2) is 0 Å². The van der Waals surface area contributed by atoms with E-state index >= 15 is 0 Å². The molecule has 2 atom stereocenters. The van der Waals surface area contributed by atoms with Crippen LogP contribution < -0.4 is 4.86 Å². The first-order valence-corrected chi connectivity index (χ1v) is 1.73. The molecule has 0 aromatic rings. The van der Waals surface area contributed by atoms with Gasteiger partial charge in [0.25, 0.3) is 0 Å². The zero-order valence-corrected chi connectivity index (χ0v) is 6.70. The minimum Gasteiger partial charge on any atom is -0.285 e. The Bertz CT molecular complexity index is 6.00. The largest absolute Gasteiger partial charge is 0.285 e. The molecule has 4 heteroatoms. The molecule has 0 radical (unpaired) electrons. The number of nitrogens with one attached hydrogen (secondary N) is 1. The van der Waals surface area contributed by atoms with Gasteiger partial charge in [-0.05, 0) is 0 Å². The van der Waals surface area contributed by atoms with Gasteiger partial charge in [-0.15, -0.1) is 24.0 Å². The molecule has 0 aromatic heterocycles. The van der Waals surface area contributed by atoms with Gasteiger partial charge in [0.1, 0.15) is 0 Å². The van der Waals surface area contributed by atoms with Gasteiger partial charge in [0.05, 0.1) is 0 Å². The summed E-state index contributed by atoms with van der Waals surface area (Å²) in [5.74, 6) is 0. The van der Waals surface area contributed by atoms with Crippen molar-refractivity contribution in [3.8, 4) is 0 Å². The fraction of sp³-hybridized carbons (Fsp3) is 0.